The van der Waals surface area contributed by atoms with E-state index in [1.165, 1.54) is 24.3 Å². The van der Waals surface area contributed by atoms with Crippen LogP contribution in [0.25, 0.3) is 6.08 Å². The van der Waals surface area contributed by atoms with Crippen molar-refractivity contribution in [1.82, 2.24) is 0 Å². The van der Waals surface area contributed by atoms with E-state index in [0.29, 0.717) is 16.8 Å². The molecule has 1 aliphatic heterocycles. The number of hydrogen-bond donors (Lipinski definition) is 2. The highest BCUT2D eigenvalue weighted by atomic mass is 35.5. The van der Waals surface area contributed by atoms with Crippen molar-refractivity contribution in [3.05, 3.63) is 68.7 Å². The third-order valence-electron chi connectivity index (χ3n) is 4.83. The Bertz CT molecular complexity index is 1020. The van der Waals surface area contributed by atoms with Gasteiger partial charge in [0.05, 0.1) is 16.3 Å². The molecule has 0 saturated carbocycles. The Morgan fingerprint density at radius 1 is 1.13 bits per heavy atom. The lowest BCUT2D eigenvalue weighted by Gasteiger charge is -2.30. The van der Waals surface area contributed by atoms with E-state index in [9.17, 15) is 19.7 Å². The molecule has 1 fully saturated rings. The lowest BCUT2D eigenvalue weighted by molar-refractivity contribution is -0.384. The zero-order valence-electron chi connectivity index (χ0n) is 16.1. The molecule has 1 saturated heterocycles. The van der Waals surface area contributed by atoms with E-state index in [-0.39, 0.29) is 10.7 Å². The van der Waals surface area contributed by atoms with Gasteiger partial charge in [0, 0.05) is 30.8 Å². The predicted octanol–water partition coefficient (Wildman–Crippen LogP) is 3.99. The number of amides is 2. The van der Waals surface area contributed by atoms with Crippen molar-refractivity contribution in [1.29, 1.82) is 0 Å². The highest BCUT2D eigenvalue weighted by Crippen LogP contribution is 2.30. The highest BCUT2D eigenvalue weighted by Gasteiger charge is 2.17. The Kier molecular flexibility index (Phi) is 6.68. The number of carbonyl (C=O) groups excluding carboxylic acids is 2. The Morgan fingerprint density at radius 2 is 1.87 bits per heavy atom. The maximum atomic E-state index is 12.5. The summed E-state index contributed by atoms with van der Waals surface area (Å²) in [7, 11) is 0. The number of halogens is 1. The molecular formula is C21H21ClN4O4. The monoisotopic (exact) mass is 428 g/mol. The second-order valence-electron chi connectivity index (χ2n) is 6.93. The fourth-order valence-electron chi connectivity index (χ4n) is 3.32. The van der Waals surface area contributed by atoms with Gasteiger partial charge in [0.15, 0.2) is 0 Å². The average Bonchev–Trinajstić information content (AvgIpc) is 2.73. The first-order valence-electron chi connectivity index (χ1n) is 9.47. The number of primary amides is 1. The molecule has 0 bridgehead atoms. The van der Waals surface area contributed by atoms with Crippen LogP contribution in [0.1, 0.15) is 35.2 Å². The highest BCUT2D eigenvalue weighted by molar-refractivity contribution is 6.32. The number of nitrogens with two attached hydrogens (primary N) is 1. The molecule has 0 aliphatic carbocycles. The van der Waals surface area contributed by atoms with Gasteiger partial charge in [-0.05, 0) is 55.2 Å². The smallest absolute Gasteiger partial charge is 0.288 e. The largest absolute Gasteiger partial charge is 0.370 e. The van der Waals surface area contributed by atoms with E-state index in [2.05, 4.69) is 10.2 Å². The molecule has 0 radical (unpaired) electrons. The molecule has 0 aromatic heterocycles. The number of nitrogens with zero attached hydrogens (tertiary/aromatic N) is 2. The van der Waals surface area contributed by atoms with Crippen LogP contribution in [0.5, 0.6) is 0 Å². The van der Waals surface area contributed by atoms with Crippen LogP contribution in [0, 0.1) is 10.1 Å². The number of benzene rings is 2. The van der Waals surface area contributed by atoms with Crippen LogP contribution in [0.4, 0.5) is 17.1 Å². The Balaban J connectivity index is 1.82. The first-order chi connectivity index (χ1) is 14.3. The fourth-order valence-corrected chi connectivity index (χ4v) is 3.51. The molecule has 1 aliphatic rings. The number of nitro groups is 1. The van der Waals surface area contributed by atoms with Crippen LogP contribution in [-0.4, -0.2) is 29.8 Å². The van der Waals surface area contributed by atoms with Gasteiger partial charge in [-0.25, -0.2) is 0 Å². The molecule has 2 aromatic rings. The normalized spacial score (nSPS) is 14.0. The number of piperidine rings is 1. The second kappa shape index (κ2) is 9.41. The van der Waals surface area contributed by atoms with Crippen LogP contribution in [0.3, 0.4) is 0 Å². The quantitative estimate of drug-likeness (QED) is 0.409. The van der Waals surface area contributed by atoms with Gasteiger partial charge in [-0.1, -0.05) is 17.7 Å². The van der Waals surface area contributed by atoms with Crippen molar-refractivity contribution in [2.75, 3.05) is 23.3 Å². The number of carbonyl (C=O) groups is 2. The van der Waals surface area contributed by atoms with E-state index in [1.807, 2.05) is 0 Å². The summed E-state index contributed by atoms with van der Waals surface area (Å²) >= 11 is 5.81. The minimum absolute atomic E-state index is 0.0241. The van der Waals surface area contributed by atoms with Crippen molar-refractivity contribution >= 4 is 46.6 Å². The summed E-state index contributed by atoms with van der Waals surface area (Å²) in [5, 5.41) is 13.8. The van der Waals surface area contributed by atoms with Gasteiger partial charge in [-0.2, -0.15) is 0 Å². The van der Waals surface area contributed by atoms with Crippen molar-refractivity contribution in [2.24, 2.45) is 5.73 Å². The van der Waals surface area contributed by atoms with E-state index in [4.69, 9.17) is 17.3 Å². The maximum absolute atomic E-state index is 12.5. The van der Waals surface area contributed by atoms with Gasteiger partial charge in [0.1, 0.15) is 5.02 Å². The molecule has 1 heterocycles. The minimum Gasteiger partial charge on any atom is -0.370 e. The van der Waals surface area contributed by atoms with Crippen molar-refractivity contribution in [3.63, 3.8) is 0 Å². The molecule has 2 amide bonds. The van der Waals surface area contributed by atoms with E-state index in [0.717, 1.165) is 38.0 Å². The van der Waals surface area contributed by atoms with Gasteiger partial charge in [-0.15, -0.1) is 0 Å². The van der Waals surface area contributed by atoms with Gasteiger partial charge >= 0.3 is 0 Å². The van der Waals surface area contributed by atoms with E-state index >= 15 is 0 Å². The molecule has 3 N–H and O–H groups in total. The molecule has 3 rings (SSSR count). The predicted molar refractivity (Wildman–Crippen MR) is 117 cm³/mol. The van der Waals surface area contributed by atoms with Crippen LogP contribution in [0.2, 0.25) is 5.02 Å². The van der Waals surface area contributed by atoms with E-state index < -0.39 is 16.7 Å². The van der Waals surface area contributed by atoms with E-state index in [1.54, 1.807) is 24.3 Å². The topological polar surface area (TPSA) is 119 Å². The lowest BCUT2D eigenvalue weighted by Crippen LogP contribution is -2.30. The molecule has 0 spiro atoms. The van der Waals surface area contributed by atoms with Crippen LogP contribution >= 0.6 is 11.6 Å². The van der Waals surface area contributed by atoms with Gasteiger partial charge in [-0.3, -0.25) is 19.7 Å². The van der Waals surface area contributed by atoms with Crippen LogP contribution < -0.4 is 16.0 Å². The Hall–Kier alpha value is -3.39. The number of nitro benzene ring substituents is 1. The molecule has 9 heteroatoms. The average molecular weight is 429 g/mol. The molecule has 2 aromatic carbocycles. The Morgan fingerprint density at radius 3 is 2.53 bits per heavy atom. The maximum Gasteiger partial charge on any atom is 0.288 e. The van der Waals surface area contributed by atoms with Gasteiger partial charge < -0.3 is 16.0 Å². The first-order valence-corrected chi connectivity index (χ1v) is 9.85. The summed E-state index contributed by atoms with van der Waals surface area (Å²) in [6.07, 6.45) is 6.00. The summed E-state index contributed by atoms with van der Waals surface area (Å²) in [6.45, 7) is 1.73. The molecular weight excluding hydrogens is 408 g/mol. The standard InChI is InChI=1S/C21H21ClN4O4/c22-16-7-4-14(12-19(16)26(29)30)5-9-20(27)24-17-13-15(21(23)28)6-8-18(17)25-10-2-1-3-11-25/h4-9,12-13H,1-3,10-11H2,(H2,23,28)(H,24,27). The summed E-state index contributed by atoms with van der Waals surface area (Å²) in [5.74, 6) is -1.02. The number of anilines is 2. The number of hydrogen-bond acceptors (Lipinski definition) is 5. The number of rotatable bonds is 6. The van der Waals surface area contributed by atoms with Crippen molar-refractivity contribution in [2.45, 2.75) is 19.3 Å². The molecule has 0 atom stereocenters. The molecule has 156 valence electrons. The molecule has 8 nitrogen and oxygen atoms in total. The summed E-state index contributed by atoms with van der Waals surface area (Å²) in [5.41, 5.74) is 7.22. The summed E-state index contributed by atoms with van der Waals surface area (Å²) in [4.78, 5) is 36.6. The fraction of sp³-hybridized carbons (Fsp3) is 0.238. The second-order valence-corrected chi connectivity index (χ2v) is 7.34. The third kappa shape index (κ3) is 5.15. The zero-order chi connectivity index (χ0) is 21.7. The SMILES string of the molecule is NC(=O)c1ccc(N2CCCCC2)c(NC(=O)C=Cc2ccc(Cl)c([N+](=O)[O-])c2)c1. The van der Waals surface area contributed by atoms with Crippen molar-refractivity contribution < 1.29 is 14.5 Å². The zero-order valence-corrected chi connectivity index (χ0v) is 16.9. The molecule has 0 unspecified atom stereocenters. The van der Waals surface area contributed by atoms with Crippen molar-refractivity contribution in [3.8, 4) is 0 Å². The summed E-state index contributed by atoms with van der Waals surface area (Å²) in [6, 6.07) is 9.26. The summed E-state index contributed by atoms with van der Waals surface area (Å²) < 4.78 is 0. The number of nitrogens with one attached hydrogen (secondary N) is 1. The third-order valence-corrected chi connectivity index (χ3v) is 5.15. The lowest BCUT2D eigenvalue weighted by atomic mass is 10.1. The molecule has 30 heavy (non-hydrogen) atoms. The van der Waals surface area contributed by atoms with Gasteiger partial charge in [0.25, 0.3) is 5.69 Å². The Labute approximate surface area is 178 Å². The van der Waals surface area contributed by atoms with Gasteiger partial charge in [0.2, 0.25) is 11.8 Å². The van der Waals surface area contributed by atoms with Crippen LogP contribution in [0.15, 0.2) is 42.5 Å². The first kappa shape index (κ1) is 21.3. The van der Waals surface area contributed by atoms with Crippen LogP contribution in [-0.2, 0) is 4.79 Å². The minimum atomic E-state index is -0.584.